The maximum Gasteiger partial charge on any atom is 0.0458 e. The standard InChI is InChI=1S/C13H27N3/c1-6-13-12(10-14-16(13)5)8-7-9-15(4)11(2)3/h6,11-14H,1,7-10H2,2-5H3. The van der Waals surface area contributed by atoms with Crippen LogP contribution in [0.3, 0.4) is 0 Å². The highest BCUT2D eigenvalue weighted by atomic mass is 15.5. The van der Waals surface area contributed by atoms with Crippen molar-refractivity contribution in [1.82, 2.24) is 15.3 Å². The van der Waals surface area contributed by atoms with Crippen LogP contribution >= 0.6 is 0 Å². The molecule has 16 heavy (non-hydrogen) atoms. The fourth-order valence-corrected chi connectivity index (χ4v) is 2.29. The number of hydrogen-bond acceptors (Lipinski definition) is 3. The van der Waals surface area contributed by atoms with Gasteiger partial charge in [-0.25, -0.2) is 5.01 Å². The third-order valence-corrected chi connectivity index (χ3v) is 3.74. The zero-order chi connectivity index (χ0) is 12.1. The lowest BCUT2D eigenvalue weighted by Gasteiger charge is -2.23. The van der Waals surface area contributed by atoms with Crippen LogP contribution in [-0.4, -0.2) is 49.2 Å². The zero-order valence-electron chi connectivity index (χ0n) is 11.2. The Hall–Kier alpha value is -0.380. The summed E-state index contributed by atoms with van der Waals surface area (Å²) in [4.78, 5) is 2.41. The fraction of sp³-hybridized carbons (Fsp3) is 0.846. The summed E-state index contributed by atoms with van der Waals surface area (Å²) in [6, 6.07) is 1.16. The monoisotopic (exact) mass is 225 g/mol. The van der Waals surface area contributed by atoms with Crippen molar-refractivity contribution in [2.75, 3.05) is 27.2 Å². The molecule has 3 nitrogen and oxygen atoms in total. The van der Waals surface area contributed by atoms with E-state index in [2.05, 4.69) is 55.9 Å². The van der Waals surface area contributed by atoms with Gasteiger partial charge >= 0.3 is 0 Å². The molecule has 0 bridgehead atoms. The Bertz CT molecular complexity index is 215. The number of nitrogens with one attached hydrogen (secondary N) is 1. The summed E-state index contributed by atoms with van der Waals surface area (Å²) in [7, 11) is 4.31. The van der Waals surface area contributed by atoms with E-state index < -0.39 is 0 Å². The molecule has 1 aliphatic rings. The van der Waals surface area contributed by atoms with E-state index in [1.165, 1.54) is 19.4 Å². The minimum Gasteiger partial charge on any atom is -0.304 e. The van der Waals surface area contributed by atoms with Gasteiger partial charge in [-0.3, -0.25) is 5.43 Å². The summed E-state index contributed by atoms with van der Waals surface area (Å²) in [6.07, 6.45) is 4.63. The molecular formula is C13H27N3. The molecule has 1 N–H and O–H groups in total. The molecule has 1 fully saturated rings. The van der Waals surface area contributed by atoms with Crippen LogP contribution in [0.1, 0.15) is 26.7 Å². The van der Waals surface area contributed by atoms with Gasteiger partial charge in [-0.1, -0.05) is 6.08 Å². The first-order valence-electron chi connectivity index (χ1n) is 6.35. The van der Waals surface area contributed by atoms with Crippen LogP contribution in [0.2, 0.25) is 0 Å². The summed E-state index contributed by atoms with van der Waals surface area (Å²) in [5, 5.41) is 2.18. The molecule has 1 aliphatic heterocycles. The Morgan fingerprint density at radius 1 is 1.56 bits per heavy atom. The normalized spacial score (nSPS) is 26.9. The van der Waals surface area contributed by atoms with Gasteiger partial charge < -0.3 is 4.90 Å². The molecule has 94 valence electrons. The van der Waals surface area contributed by atoms with Crippen LogP contribution < -0.4 is 5.43 Å². The van der Waals surface area contributed by atoms with Gasteiger partial charge in [0.15, 0.2) is 0 Å². The van der Waals surface area contributed by atoms with Crippen LogP contribution in [-0.2, 0) is 0 Å². The molecule has 0 amide bonds. The number of likely N-dealkylation sites (N-methyl/N-ethyl adjacent to an activating group) is 1. The molecule has 0 aromatic carbocycles. The Labute approximate surface area is 100 Å². The Kier molecular flexibility index (Phi) is 5.46. The van der Waals surface area contributed by atoms with Crippen molar-refractivity contribution in [3.05, 3.63) is 12.7 Å². The number of rotatable bonds is 6. The third kappa shape index (κ3) is 3.58. The Morgan fingerprint density at radius 2 is 2.25 bits per heavy atom. The molecule has 1 rings (SSSR count). The van der Waals surface area contributed by atoms with E-state index in [4.69, 9.17) is 0 Å². The second-order valence-corrected chi connectivity index (χ2v) is 5.18. The fourth-order valence-electron chi connectivity index (χ4n) is 2.29. The Morgan fingerprint density at radius 3 is 2.81 bits per heavy atom. The van der Waals surface area contributed by atoms with E-state index in [1.807, 2.05) is 0 Å². The van der Waals surface area contributed by atoms with Crippen LogP contribution in [0.15, 0.2) is 12.7 Å². The van der Waals surface area contributed by atoms with Crippen molar-refractivity contribution in [3.63, 3.8) is 0 Å². The Balaban J connectivity index is 2.25. The molecule has 3 heteroatoms. The maximum atomic E-state index is 3.92. The highest BCUT2D eigenvalue weighted by Crippen LogP contribution is 2.20. The quantitative estimate of drug-likeness (QED) is 0.695. The largest absolute Gasteiger partial charge is 0.304 e. The smallest absolute Gasteiger partial charge is 0.0458 e. The lowest BCUT2D eigenvalue weighted by molar-refractivity contribution is 0.240. The van der Waals surface area contributed by atoms with Crippen molar-refractivity contribution in [3.8, 4) is 0 Å². The van der Waals surface area contributed by atoms with Gasteiger partial charge in [0.1, 0.15) is 0 Å². The van der Waals surface area contributed by atoms with E-state index >= 15 is 0 Å². The van der Waals surface area contributed by atoms with E-state index in [9.17, 15) is 0 Å². The maximum absolute atomic E-state index is 3.92. The number of nitrogens with zero attached hydrogens (tertiary/aromatic N) is 2. The molecule has 0 saturated carbocycles. The van der Waals surface area contributed by atoms with Gasteiger partial charge in [-0.2, -0.15) is 0 Å². The highest BCUT2D eigenvalue weighted by Gasteiger charge is 2.28. The molecule has 0 aromatic rings. The average molecular weight is 225 g/mol. The number of hydrogen-bond donors (Lipinski definition) is 1. The van der Waals surface area contributed by atoms with Gasteiger partial charge in [0.25, 0.3) is 0 Å². The first-order valence-corrected chi connectivity index (χ1v) is 6.35. The first kappa shape index (κ1) is 13.7. The molecule has 0 spiro atoms. The van der Waals surface area contributed by atoms with Crippen LogP contribution in [0.25, 0.3) is 0 Å². The zero-order valence-corrected chi connectivity index (χ0v) is 11.2. The van der Waals surface area contributed by atoms with Crippen LogP contribution in [0.5, 0.6) is 0 Å². The van der Waals surface area contributed by atoms with Gasteiger partial charge in [-0.15, -0.1) is 6.58 Å². The minimum absolute atomic E-state index is 0.504. The lowest BCUT2D eigenvalue weighted by atomic mass is 9.96. The summed E-state index contributed by atoms with van der Waals surface area (Å²) < 4.78 is 0. The average Bonchev–Trinajstić information content (AvgIpc) is 2.59. The lowest BCUT2D eigenvalue weighted by Crippen LogP contribution is -2.33. The van der Waals surface area contributed by atoms with Crippen molar-refractivity contribution in [2.45, 2.75) is 38.8 Å². The predicted molar refractivity (Wildman–Crippen MR) is 70.2 cm³/mol. The van der Waals surface area contributed by atoms with Crippen molar-refractivity contribution in [1.29, 1.82) is 0 Å². The van der Waals surface area contributed by atoms with E-state index in [0.717, 1.165) is 12.5 Å². The summed E-state index contributed by atoms with van der Waals surface area (Å²) in [5.74, 6) is 0.725. The van der Waals surface area contributed by atoms with Crippen molar-refractivity contribution in [2.24, 2.45) is 5.92 Å². The molecule has 1 saturated heterocycles. The first-order chi connectivity index (χ1) is 7.56. The number of hydrazine groups is 1. The molecule has 0 aromatic heterocycles. The van der Waals surface area contributed by atoms with Gasteiger partial charge in [0, 0.05) is 25.7 Å². The second-order valence-electron chi connectivity index (χ2n) is 5.18. The van der Waals surface area contributed by atoms with Gasteiger partial charge in [-0.05, 0) is 46.2 Å². The van der Waals surface area contributed by atoms with E-state index in [0.29, 0.717) is 12.1 Å². The molecule has 1 heterocycles. The van der Waals surface area contributed by atoms with Gasteiger partial charge in [0.2, 0.25) is 0 Å². The second kappa shape index (κ2) is 6.38. The van der Waals surface area contributed by atoms with Crippen molar-refractivity contribution < 1.29 is 0 Å². The third-order valence-electron chi connectivity index (χ3n) is 3.74. The minimum atomic E-state index is 0.504. The molecule has 2 atom stereocenters. The van der Waals surface area contributed by atoms with Gasteiger partial charge in [0.05, 0.1) is 0 Å². The molecule has 2 unspecified atom stereocenters. The molecule has 0 radical (unpaired) electrons. The topological polar surface area (TPSA) is 18.5 Å². The highest BCUT2D eigenvalue weighted by molar-refractivity contribution is 4.95. The van der Waals surface area contributed by atoms with Crippen LogP contribution in [0.4, 0.5) is 0 Å². The van der Waals surface area contributed by atoms with Crippen LogP contribution in [0, 0.1) is 5.92 Å². The SMILES string of the molecule is C=CC1C(CCCN(C)C(C)C)CNN1C. The van der Waals surface area contributed by atoms with Crippen molar-refractivity contribution >= 4 is 0 Å². The molecule has 0 aliphatic carbocycles. The van der Waals surface area contributed by atoms with E-state index in [-0.39, 0.29) is 0 Å². The molecular weight excluding hydrogens is 198 g/mol. The summed E-state index contributed by atoms with van der Waals surface area (Å²) in [5.41, 5.74) is 3.38. The summed E-state index contributed by atoms with van der Waals surface area (Å²) >= 11 is 0. The summed E-state index contributed by atoms with van der Waals surface area (Å²) in [6.45, 7) is 10.7. The van der Waals surface area contributed by atoms with E-state index in [1.54, 1.807) is 0 Å². The predicted octanol–water partition coefficient (Wildman–Crippen LogP) is 1.73.